The van der Waals surface area contributed by atoms with Crippen molar-refractivity contribution in [3.05, 3.63) is 57.8 Å². The Kier molecular flexibility index (Phi) is 3.79. The molecule has 0 aliphatic carbocycles. The van der Waals surface area contributed by atoms with Gasteiger partial charge in [0.2, 0.25) is 0 Å². The number of aliphatic carboxylic acids is 1. The van der Waals surface area contributed by atoms with Crippen LogP contribution in [0.3, 0.4) is 0 Å². The van der Waals surface area contributed by atoms with Crippen molar-refractivity contribution in [1.82, 2.24) is 9.78 Å². The predicted molar refractivity (Wildman–Crippen MR) is 70.5 cm³/mol. The van der Waals surface area contributed by atoms with Gasteiger partial charge in [-0.1, -0.05) is 24.3 Å². The first-order chi connectivity index (χ1) is 9.47. The molecule has 0 amide bonds. The van der Waals surface area contributed by atoms with Crippen LogP contribution in [-0.2, 0) is 11.3 Å². The summed E-state index contributed by atoms with van der Waals surface area (Å²) in [6.45, 7) is 2.02. The molecule has 1 aromatic carbocycles. The van der Waals surface area contributed by atoms with E-state index in [0.717, 1.165) is 5.56 Å². The van der Waals surface area contributed by atoms with Crippen LogP contribution in [0.15, 0.2) is 36.5 Å². The van der Waals surface area contributed by atoms with E-state index in [0.29, 0.717) is 12.1 Å². The van der Waals surface area contributed by atoms with Crippen molar-refractivity contribution in [2.24, 2.45) is 0 Å². The molecule has 104 valence electrons. The Hall–Kier alpha value is -2.70. The minimum atomic E-state index is -0.875. The van der Waals surface area contributed by atoms with Gasteiger partial charge in [-0.25, -0.2) is 0 Å². The molecule has 7 nitrogen and oxygen atoms in total. The van der Waals surface area contributed by atoms with Crippen LogP contribution in [-0.4, -0.2) is 25.8 Å². The zero-order valence-corrected chi connectivity index (χ0v) is 10.8. The Balaban J connectivity index is 2.10. The fourth-order valence-electron chi connectivity index (χ4n) is 1.78. The summed E-state index contributed by atoms with van der Waals surface area (Å²) in [5.74, 6) is -1.63. The molecule has 0 saturated carbocycles. The molecule has 1 heterocycles. The average molecular weight is 275 g/mol. The van der Waals surface area contributed by atoms with E-state index in [1.807, 2.05) is 0 Å². The van der Waals surface area contributed by atoms with Gasteiger partial charge in [0, 0.05) is 0 Å². The summed E-state index contributed by atoms with van der Waals surface area (Å²) in [7, 11) is 0. The van der Waals surface area contributed by atoms with Gasteiger partial charge in [0.1, 0.15) is 0 Å². The number of aromatic nitrogens is 2. The van der Waals surface area contributed by atoms with Crippen LogP contribution >= 0.6 is 0 Å². The molecule has 0 fully saturated rings. The maximum atomic E-state index is 10.9. The molecule has 0 saturated heterocycles. The topological polar surface area (TPSA) is 98.3 Å². The lowest BCUT2D eigenvalue weighted by atomic mass is 10.0. The maximum Gasteiger partial charge on any atom is 0.389 e. The van der Waals surface area contributed by atoms with Gasteiger partial charge in [-0.2, -0.15) is 4.68 Å². The zero-order valence-electron chi connectivity index (χ0n) is 10.8. The molecule has 0 aliphatic heterocycles. The van der Waals surface area contributed by atoms with E-state index in [1.165, 1.54) is 16.9 Å². The first kappa shape index (κ1) is 13.7. The number of carboxylic acids is 1. The summed E-state index contributed by atoms with van der Waals surface area (Å²) in [6.07, 6.45) is 1.53. The predicted octanol–water partition coefficient (Wildman–Crippen LogP) is 2.03. The van der Waals surface area contributed by atoms with E-state index in [9.17, 15) is 14.9 Å². The number of hydrogen-bond acceptors (Lipinski definition) is 4. The number of carbonyl (C=O) groups is 1. The number of nitrogens with zero attached hydrogens (tertiary/aromatic N) is 3. The van der Waals surface area contributed by atoms with Crippen LogP contribution in [0, 0.1) is 10.1 Å². The lowest BCUT2D eigenvalue weighted by molar-refractivity contribution is -0.389. The summed E-state index contributed by atoms with van der Waals surface area (Å²) in [6, 6.07) is 8.41. The van der Waals surface area contributed by atoms with Gasteiger partial charge in [0.25, 0.3) is 0 Å². The average Bonchev–Trinajstić information content (AvgIpc) is 2.87. The largest absolute Gasteiger partial charge is 0.481 e. The molecular weight excluding hydrogens is 262 g/mol. The van der Waals surface area contributed by atoms with Crippen molar-refractivity contribution >= 4 is 11.8 Å². The van der Waals surface area contributed by atoms with E-state index in [2.05, 4.69) is 5.10 Å². The lowest BCUT2D eigenvalue weighted by Gasteiger charge is -2.07. The highest BCUT2D eigenvalue weighted by atomic mass is 16.6. The van der Waals surface area contributed by atoms with Gasteiger partial charge in [0.15, 0.2) is 0 Å². The van der Waals surface area contributed by atoms with Crippen LogP contribution in [0.2, 0.25) is 0 Å². The van der Waals surface area contributed by atoms with E-state index in [1.54, 1.807) is 31.2 Å². The molecule has 1 unspecified atom stereocenters. The summed E-state index contributed by atoms with van der Waals surface area (Å²) >= 11 is 0. The number of rotatable bonds is 5. The number of hydrogen-bond donors (Lipinski definition) is 1. The van der Waals surface area contributed by atoms with Crippen molar-refractivity contribution in [2.75, 3.05) is 0 Å². The van der Waals surface area contributed by atoms with Crippen molar-refractivity contribution in [2.45, 2.75) is 19.4 Å². The monoisotopic (exact) mass is 275 g/mol. The quantitative estimate of drug-likeness (QED) is 0.665. The molecule has 1 atom stereocenters. The van der Waals surface area contributed by atoms with E-state index < -0.39 is 16.8 Å². The Labute approximate surface area is 114 Å². The summed E-state index contributed by atoms with van der Waals surface area (Å²) in [5, 5.41) is 23.3. The molecule has 2 rings (SSSR count). The van der Waals surface area contributed by atoms with E-state index >= 15 is 0 Å². The van der Waals surface area contributed by atoms with Crippen LogP contribution < -0.4 is 0 Å². The second-order valence-electron chi connectivity index (χ2n) is 4.43. The second kappa shape index (κ2) is 5.52. The Morgan fingerprint density at radius 1 is 1.40 bits per heavy atom. The van der Waals surface area contributed by atoms with Crippen LogP contribution in [0.4, 0.5) is 5.82 Å². The SMILES string of the molecule is CC(C(=O)O)c1ccc(Cn2ccc([N+](=O)[O-])n2)cc1. The molecule has 0 bridgehead atoms. The van der Waals surface area contributed by atoms with Gasteiger partial charge in [0.05, 0.1) is 29.8 Å². The normalized spacial score (nSPS) is 12.1. The van der Waals surface area contributed by atoms with Gasteiger partial charge in [-0.05, 0) is 23.0 Å². The van der Waals surface area contributed by atoms with Gasteiger partial charge >= 0.3 is 11.8 Å². The van der Waals surface area contributed by atoms with Crippen molar-refractivity contribution in [1.29, 1.82) is 0 Å². The number of carboxylic acid groups (broad SMARTS) is 1. The number of nitro groups is 1. The second-order valence-corrected chi connectivity index (χ2v) is 4.43. The Bertz CT molecular complexity index is 633. The Morgan fingerprint density at radius 2 is 2.05 bits per heavy atom. The third kappa shape index (κ3) is 3.00. The lowest BCUT2D eigenvalue weighted by Crippen LogP contribution is -2.07. The van der Waals surface area contributed by atoms with Gasteiger partial charge < -0.3 is 15.2 Å². The Morgan fingerprint density at radius 3 is 2.55 bits per heavy atom. The highest BCUT2D eigenvalue weighted by Crippen LogP contribution is 2.16. The molecule has 1 aromatic heterocycles. The van der Waals surface area contributed by atoms with E-state index in [4.69, 9.17) is 5.11 Å². The number of benzene rings is 1. The minimum Gasteiger partial charge on any atom is -0.481 e. The van der Waals surface area contributed by atoms with Crippen molar-refractivity contribution in [3.8, 4) is 0 Å². The van der Waals surface area contributed by atoms with Crippen LogP contribution in [0.5, 0.6) is 0 Å². The standard InChI is InChI=1S/C13H13N3O4/c1-9(13(17)18)11-4-2-10(3-5-11)8-15-7-6-12(14-15)16(19)20/h2-7,9H,8H2,1H3,(H,17,18). The highest BCUT2D eigenvalue weighted by molar-refractivity contribution is 5.75. The zero-order chi connectivity index (χ0) is 14.7. The summed E-state index contributed by atoms with van der Waals surface area (Å²) in [5.41, 5.74) is 1.61. The van der Waals surface area contributed by atoms with Gasteiger partial charge in [-0.3, -0.25) is 4.79 Å². The molecule has 2 aromatic rings. The van der Waals surface area contributed by atoms with Gasteiger partial charge in [-0.15, -0.1) is 0 Å². The van der Waals surface area contributed by atoms with Crippen molar-refractivity contribution < 1.29 is 14.8 Å². The molecule has 0 aliphatic rings. The smallest absolute Gasteiger partial charge is 0.389 e. The maximum absolute atomic E-state index is 10.9. The fourth-order valence-corrected chi connectivity index (χ4v) is 1.78. The summed E-state index contributed by atoms with van der Waals surface area (Å²) < 4.78 is 1.47. The van der Waals surface area contributed by atoms with Crippen molar-refractivity contribution in [3.63, 3.8) is 0 Å². The van der Waals surface area contributed by atoms with E-state index in [-0.39, 0.29) is 5.82 Å². The molecule has 20 heavy (non-hydrogen) atoms. The minimum absolute atomic E-state index is 0.193. The first-order valence-electron chi connectivity index (χ1n) is 5.97. The molecule has 0 spiro atoms. The third-order valence-electron chi connectivity index (χ3n) is 3.01. The molecular formula is C13H13N3O4. The fraction of sp³-hybridized carbons (Fsp3) is 0.231. The highest BCUT2D eigenvalue weighted by Gasteiger charge is 2.14. The molecule has 0 radical (unpaired) electrons. The summed E-state index contributed by atoms with van der Waals surface area (Å²) in [4.78, 5) is 20.8. The molecule has 7 heteroatoms. The molecule has 1 N–H and O–H groups in total. The third-order valence-corrected chi connectivity index (χ3v) is 3.01. The van der Waals surface area contributed by atoms with Crippen LogP contribution in [0.1, 0.15) is 24.0 Å². The van der Waals surface area contributed by atoms with Crippen LogP contribution in [0.25, 0.3) is 0 Å². The first-order valence-corrected chi connectivity index (χ1v) is 5.97.